The van der Waals surface area contributed by atoms with Crippen LogP contribution in [-0.4, -0.2) is 13.7 Å². The maximum atomic E-state index is 12.9. The number of halogens is 2. The Kier molecular flexibility index (Phi) is 3.17. The summed E-state index contributed by atoms with van der Waals surface area (Å²) in [6, 6.07) is 4.04. The quantitative estimate of drug-likeness (QED) is 0.677. The first-order valence-electron chi connectivity index (χ1n) is 3.52. The second-order valence-corrected chi connectivity index (χ2v) is 2.30. The van der Waals surface area contributed by atoms with E-state index in [4.69, 9.17) is 4.74 Å². The largest absolute Gasteiger partial charge is 0.384 e. The molecule has 0 heterocycles. The average molecular weight is 171 g/mol. The lowest BCUT2D eigenvalue weighted by atomic mass is 10.1. The zero-order chi connectivity index (χ0) is 8.97. The molecule has 0 amide bonds. The average Bonchev–Trinajstić information content (AvgIpc) is 2.08. The van der Waals surface area contributed by atoms with Crippen LogP contribution in [0.4, 0.5) is 8.78 Å². The SMILES string of the molecule is COC[CH]c1cccc(F)c1F. The van der Waals surface area contributed by atoms with E-state index in [2.05, 4.69) is 0 Å². The molecule has 1 radical (unpaired) electrons. The Labute approximate surface area is 70.0 Å². The predicted octanol–water partition coefficient (Wildman–Crippen LogP) is 2.16. The summed E-state index contributed by atoms with van der Waals surface area (Å²) in [4.78, 5) is 0. The second kappa shape index (κ2) is 4.16. The van der Waals surface area contributed by atoms with Gasteiger partial charge in [-0.3, -0.25) is 0 Å². The Balaban J connectivity index is 2.78. The molecule has 0 N–H and O–H groups in total. The molecule has 0 bridgehead atoms. The fourth-order valence-corrected chi connectivity index (χ4v) is 0.851. The van der Waals surface area contributed by atoms with Crippen LogP contribution in [0.25, 0.3) is 0 Å². The number of ether oxygens (including phenoxy) is 1. The summed E-state index contributed by atoms with van der Waals surface area (Å²) in [5, 5.41) is 0. The molecule has 0 aliphatic rings. The minimum Gasteiger partial charge on any atom is -0.384 e. The van der Waals surface area contributed by atoms with Gasteiger partial charge in [0.25, 0.3) is 0 Å². The third kappa shape index (κ3) is 2.01. The van der Waals surface area contributed by atoms with Crippen LogP contribution in [0.15, 0.2) is 18.2 Å². The summed E-state index contributed by atoms with van der Waals surface area (Å²) >= 11 is 0. The molecule has 0 atom stereocenters. The van der Waals surface area contributed by atoms with Crippen molar-refractivity contribution in [3.8, 4) is 0 Å². The molecule has 3 heteroatoms. The third-order valence-electron chi connectivity index (χ3n) is 1.45. The highest BCUT2D eigenvalue weighted by atomic mass is 19.2. The van der Waals surface area contributed by atoms with Crippen LogP contribution in [0.2, 0.25) is 0 Å². The molecular weight excluding hydrogens is 162 g/mol. The van der Waals surface area contributed by atoms with Crippen LogP contribution in [0.3, 0.4) is 0 Å². The van der Waals surface area contributed by atoms with Crippen molar-refractivity contribution in [2.75, 3.05) is 13.7 Å². The van der Waals surface area contributed by atoms with Crippen molar-refractivity contribution >= 4 is 0 Å². The summed E-state index contributed by atoms with van der Waals surface area (Å²) in [6.45, 7) is 0.278. The molecule has 0 aliphatic carbocycles. The fourth-order valence-electron chi connectivity index (χ4n) is 0.851. The Morgan fingerprint density at radius 2 is 2.17 bits per heavy atom. The lowest BCUT2D eigenvalue weighted by molar-refractivity contribution is 0.225. The van der Waals surface area contributed by atoms with Gasteiger partial charge in [-0.2, -0.15) is 0 Å². The van der Waals surface area contributed by atoms with Gasteiger partial charge >= 0.3 is 0 Å². The van der Waals surface area contributed by atoms with E-state index in [1.807, 2.05) is 0 Å². The maximum absolute atomic E-state index is 12.9. The van der Waals surface area contributed by atoms with Crippen LogP contribution in [0.1, 0.15) is 5.56 Å². The van der Waals surface area contributed by atoms with E-state index in [9.17, 15) is 8.78 Å². The molecule has 0 saturated heterocycles. The van der Waals surface area contributed by atoms with Gasteiger partial charge in [-0.1, -0.05) is 12.1 Å². The van der Waals surface area contributed by atoms with Crippen molar-refractivity contribution in [2.45, 2.75) is 0 Å². The van der Waals surface area contributed by atoms with Gasteiger partial charge in [0.15, 0.2) is 11.6 Å². The Morgan fingerprint density at radius 1 is 1.42 bits per heavy atom. The summed E-state index contributed by atoms with van der Waals surface area (Å²) in [5.74, 6) is -1.66. The molecule has 65 valence electrons. The smallest absolute Gasteiger partial charge is 0.162 e. The number of benzene rings is 1. The highest BCUT2D eigenvalue weighted by molar-refractivity contribution is 5.25. The van der Waals surface area contributed by atoms with Crippen molar-refractivity contribution in [2.24, 2.45) is 0 Å². The van der Waals surface area contributed by atoms with Crippen molar-refractivity contribution in [1.29, 1.82) is 0 Å². The minimum absolute atomic E-state index is 0.233. The normalized spacial score (nSPS) is 10.2. The third-order valence-corrected chi connectivity index (χ3v) is 1.45. The molecule has 1 rings (SSSR count). The first-order valence-corrected chi connectivity index (χ1v) is 3.52. The molecule has 0 unspecified atom stereocenters. The molecule has 0 aliphatic heterocycles. The maximum Gasteiger partial charge on any atom is 0.162 e. The van der Waals surface area contributed by atoms with Gasteiger partial charge in [0.1, 0.15) is 0 Å². The van der Waals surface area contributed by atoms with Crippen LogP contribution >= 0.6 is 0 Å². The van der Waals surface area contributed by atoms with Gasteiger partial charge in [-0.05, 0) is 11.6 Å². The van der Waals surface area contributed by atoms with Gasteiger partial charge in [-0.15, -0.1) is 0 Å². The molecule has 0 saturated carbocycles. The van der Waals surface area contributed by atoms with Gasteiger partial charge in [0, 0.05) is 13.5 Å². The topological polar surface area (TPSA) is 9.23 Å². The van der Waals surface area contributed by atoms with E-state index in [1.165, 1.54) is 25.7 Å². The zero-order valence-corrected chi connectivity index (χ0v) is 6.68. The molecular formula is C9H9F2O. The van der Waals surface area contributed by atoms with Crippen molar-refractivity contribution in [3.63, 3.8) is 0 Å². The first-order chi connectivity index (χ1) is 5.75. The van der Waals surface area contributed by atoms with E-state index >= 15 is 0 Å². The van der Waals surface area contributed by atoms with Crippen LogP contribution in [0, 0.1) is 18.1 Å². The van der Waals surface area contributed by atoms with Crippen LogP contribution < -0.4 is 0 Å². The van der Waals surface area contributed by atoms with Crippen molar-refractivity contribution in [3.05, 3.63) is 41.8 Å². The van der Waals surface area contributed by atoms with Crippen LogP contribution in [0.5, 0.6) is 0 Å². The number of hydrogen-bond donors (Lipinski definition) is 0. The Morgan fingerprint density at radius 3 is 2.83 bits per heavy atom. The van der Waals surface area contributed by atoms with E-state index < -0.39 is 11.6 Å². The molecule has 1 nitrogen and oxygen atoms in total. The second-order valence-electron chi connectivity index (χ2n) is 2.30. The van der Waals surface area contributed by atoms with Gasteiger partial charge in [-0.25, -0.2) is 8.78 Å². The van der Waals surface area contributed by atoms with Crippen LogP contribution in [-0.2, 0) is 4.74 Å². The zero-order valence-electron chi connectivity index (χ0n) is 6.68. The number of methoxy groups -OCH3 is 1. The van der Waals surface area contributed by atoms with Crippen molar-refractivity contribution in [1.82, 2.24) is 0 Å². The molecule has 0 aromatic heterocycles. The van der Waals surface area contributed by atoms with Gasteiger partial charge < -0.3 is 4.74 Å². The number of hydrogen-bond acceptors (Lipinski definition) is 1. The fraction of sp³-hybridized carbons (Fsp3) is 0.222. The lowest BCUT2D eigenvalue weighted by Gasteiger charge is -2.01. The molecule has 12 heavy (non-hydrogen) atoms. The molecule has 1 aromatic carbocycles. The minimum atomic E-state index is -0.833. The molecule has 0 fully saturated rings. The monoisotopic (exact) mass is 171 g/mol. The summed E-state index contributed by atoms with van der Waals surface area (Å²) in [6.07, 6.45) is 1.48. The Bertz CT molecular complexity index is 261. The van der Waals surface area contributed by atoms with E-state index in [0.29, 0.717) is 0 Å². The van der Waals surface area contributed by atoms with Crippen molar-refractivity contribution < 1.29 is 13.5 Å². The van der Waals surface area contributed by atoms with E-state index in [0.717, 1.165) is 6.07 Å². The van der Waals surface area contributed by atoms with E-state index in [-0.39, 0.29) is 12.2 Å². The first kappa shape index (κ1) is 9.13. The summed E-state index contributed by atoms with van der Waals surface area (Å²) in [5.41, 5.74) is 0.233. The van der Waals surface area contributed by atoms with Gasteiger partial charge in [0.2, 0.25) is 0 Å². The summed E-state index contributed by atoms with van der Waals surface area (Å²) in [7, 11) is 1.49. The molecule has 0 spiro atoms. The standard InChI is InChI=1S/C9H9F2O/c1-12-6-5-7-3-2-4-8(10)9(7)11/h2-5H,6H2,1H3. The Hall–Kier alpha value is -0.960. The molecule has 1 aromatic rings. The highest BCUT2D eigenvalue weighted by Crippen LogP contribution is 2.12. The summed E-state index contributed by atoms with van der Waals surface area (Å²) < 4.78 is 30.1. The highest BCUT2D eigenvalue weighted by Gasteiger charge is 2.06. The lowest BCUT2D eigenvalue weighted by Crippen LogP contribution is -1.96. The predicted molar refractivity (Wildman–Crippen MR) is 41.6 cm³/mol. The van der Waals surface area contributed by atoms with Gasteiger partial charge in [0.05, 0.1) is 6.61 Å². The van der Waals surface area contributed by atoms with E-state index in [1.54, 1.807) is 0 Å². The number of rotatable bonds is 3.